The molecule has 0 aromatic heterocycles. The predicted octanol–water partition coefficient (Wildman–Crippen LogP) is 1.63. The summed E-state index contributed by atoms with van der Waals surface area (Å²) in [6, 6.07) is 7.89. The first-order valence-electron chi connectivity index (χ1n) is 6.80. The predicted molar refractivity (Wildman–Crippen MR) is 75.1 cm³/mol. The minimum atomic E-state index is -0.236. The van der Waals surface area contributed by atoms with Crippen molar-refractivity contribution in [3.05, 3.63) is 29.8 Å². The SMILES string of the molecule is COc1cccc(CCNC(=O)CC2(N)CCC2)c1. The minimum absolute atomic E-state index is 0.0603. The molecule has 1 aliphatic rings. The van der Waals surface area contributed by atoms with Crippen molar-refractivity contribution in [1.82, 2.24) is 5.32 Å². The monoisotopic (exact) mass is 262 g/mol. The van der Waals surface area contributed by atoms with Gasteiger partial charge in [0.05, 0.1) is 7.11 Å². The molecule has 1 saturated carbocycles. The van der Waals surface area contributed by atoms with E-state index in [1.54, 1.807) is 7.11 Å². The first kappa shape index (κ1) is 13.9. The fraction of sp³-hybridized carbons (Fsp3) is 0.533. The molecule has 1 amide bonds. The Morgan fingerprint density at radius 2 is 2.26 bits per heavy atom. The Bertz CT molecular complexity index is 442. The molecule has 0 spiro atoms. The van der Waals surface area contributed by atoms with Crippen LogP contribution in [0.4, 0.5) is 0 Å². The summed E-state index contributed by atoms with van der Waals surface area (Å²) in [5, 5.41) is 2.93. The van der Waals surface area contributed by atoms with Crippen LogP contribution in [0.15, 0.2) is 24.3 Å². The van der Waals surface area contributed by atoms with E-state index in [1.165, 1.54) is 0 Å². The molecule has 0 atom stereocenters. The van der Waals surface area contributed by atoms with E-state index in [9.17, 15) is 4.79 Å². The molecule has 1 aromatic carbocycles. The Kier molecular flexibility index (Phi) is 4.43. The molecule has 3 N–H and O–H groups in total. The first-order valence-corrected chi connectivity index (χ1v) is 6.80. The van der Waals surface area contributed by atoms with E-state index in [-0.39, 0.29) is 11.4 Å². The number of hydrogen-bond acceptors (Lipinski definition) is 3. The molecule has 4 nitrogen and oxygen atoms in total. The van der Waals surface area contributed by atoms with E-state index in [0.29, 0.717) is 13.0 Å². The molecule has 104 valence electrons. The Balaban J connectivity index is 1.72. The molecule has 2 rings (SSSR count). The van der Waals surface area contributed by atoms with Gasteiger partial charge in [-0.15, -0.1) is 0 Å². The van der Waals surface area contributed by atoms with Gasteiger partial charge in [-0.05, 0) is 43.4 Å². The molecular formula is C15H22N2O2. The quantitative estimate of drug-likeness (QED) is 0.819. The van der Waals surface area contributed by atoms with Gasteiger partial charge < -0.3 is 15.8 Å². The van der Waals surface area contributed by atoms with Gasteiger partial charge in [-0.25, -0.2) is 0 Å². The van der Waals surface area contributed by atoms with Crippen molar-refractivity contribution < 1.29 is 9.53 Å². The molecule has 0 heterocycles. The van der Waals surface area contributed by atoms with Crippen molar-refractivity contribution in [2.45, 2.75) is 37.6 Å². The van der Waals surface area contributed by atoms with Crippen LogP contribution in [0.2, 0.25) is 0 Å². The van der Waals surface area contributed by atoms with Gasteiger partial charge in [0.2, 0.25) is 5.91 Å². The maximum atomic E-state index is 11.7. The van der Waals surface area contributed by atoms with E-state index in [2.05, 4.69) is 5.32 Å². The highest BCUT2D eigenvalue weighted by Crippen LogP contribution is 2.31. The number of nitrogens with one attached hydrogen (secondary N) is 1. The minimum Gasteiger partial charge on any atom is -0.497 e. The second-order valence-electron chi connectivity index (χ2n) is 5.34. The molecule has 0 radical (unpaired) electrons. The first-order chi connectivity index (χ1) is 9.11. The van der Waals surface area contributed by atoms with Gasteiger partial charge in [0.1, 0.15) is 5.75 Å². The summed E-state index contributed by atoms with van der Waals surface area (Å²) in [7, 11) is 1.65. The lowest BCUT2D eigenvalue weighted by Crippen LogP contribution is -2.50. The van der Waals surface area contributed by atoms with Gasteiger partial charge in [-0.1, -0.05) is 12.1 Å². The number of methoxy groups -OCH3 is 1. The van der Waals surface area contributed by atoms with Crippen LogP contribution in [0.5, 0.6) is 5.75 Å². The van der Waals surface area contributed by atoms with Gasteiger partial charge in [0.25, 0.3) is 0 Å². The number of amides is 1. The maximum absolute atomic E-state index is 11.7. The summed E-state index contributed by atoms with van der Waals surface area (Å²) in [5.41, 5.74) is 6.97. The molecule has 4 heteroatoms. The number of hydrogen-bond donors (Lipinski definition) is 2. The summed E-state index contributed by atoms with van der Waals surface area (Å²) in [6.45, 7) is 0.641. The number of rotatable bonds is 6. The lowest BCUT2D eigenvalue weighted by Gasteiger charge is -2.37. The van der Waals surface area contributed by atoms with Crippen LogP contribution in [0.25, 0.3) is 0 Å². The lowest BCUT2D eigenvalue weighted by molar-refractivity contribution is -0.122. The molecule has 0 bridgehead atoms. The van der Waals surface area contributed by atoms with Crippen LogP contribution < -0.4 is 15.8 Å². The summed E-state index contributed by atoms with van der Waals surface area (Å²) < 4.78 is 5.17. The average Bonchev–Trinajstić information content (AvgIpc) is 2.37. The van der Waals surface area contributed by atoms with Gasteiger partial charge in [0.15, 0.2) is 0 Å². The molecule has 19 heavy (non-hydrogen) atoms. The number of carbonyl (C=O) groups is 1. The third-order valence-corrected chi connectivity index (χ3v) is 3.73. The average molecular weight is 262 g/mol. The molecule has 1 aliphatic carbocycles. The van der Waals surface area contributed by atoms with Crippen LogP contribution >= 0.6 is 0 Å². The Hall–Kier alpha value is -1.55. The van der Waals surface area contributed by atoms with Crippen molar-refractivity contribution in [3.8, 4) is 5.75 Å². The van der Waals surface area contributed by atoms with Crippen molar-refractivity contribution in [2.75, 3.05) is 13.7 Å². The normalized spacial score (nSPS) is 16.5. The Labute approximate surface area is 114 Å². The highest BCUT2D eigenvalue weighted by molar-refractivity contribution is 5.77. The molecule has 1 aromatic rings. The van der Waals surface area contributed by atoms with Gasteiger partial charge in [-0.3, -0.25) is 4.79 Å². The number of benzene rings is 1. The second kappa shape index (κ2) is 6.06. The molecule has 0 saturated heterocycles. The molecular weight excluding hydrogens is 240 g/mol. The standard InChI is InChI=1S/C15H22N2O2/c1-19-13-5-2-4-12(10-13)6-9-17-14(18)11-15(16)7-3-8-15/h2,4-5,10H,3,6-9,11,16H2,1H3,(H,17,18). The van der Waals surface area contributed by atoms with E-state index in [4.69, 9.17) is 10.5 Å². The zero-order chi connectivity index (χ0) is 13.7. The van der Waals surface area contributed by atoms with Crippen LogP contribution in [0, 0.1) is 0 Å². The highest BCUT2D eigenvalue weighted by Gasteiger charge is 2.34. The fourth-order valence-electron chi connectivity index (χ4n) is 2.36. The van der Waals surface area contributed by atoms with Gasteiger partial charge >= 0.3 is 0 Å². The third-order valence-electron chi connectivity index (χ3n) is 3.73. The Morgan fingerprint density at radius 3 is 2.89 bits per heavy atom. The largest absolute Gasteiger partial charge is 0.497 e. The fourth-order valence-corrected chi connectivity index (χ4v) is 2.36. The van der Waals surface area contributed by atoms with E-state index < -0.39 is 0 Å². The zero-order valence-corrected chi connectivity index (χ0v) is 11.4. The third kappa shape index (κ3) is 3.96. The summed E-state index contributed by atoms with van der Waals surface area (Å²) in [4.78, 5) is 11.7. The van der Waals surface area contributed by atoms with Gasteiger partial charge in [-0.2, -0.15) is 0 Å². The van der Waals surface area contributed by atoms with Crippen molar-refractivity contribution in [3.63, 3.8) is 0 Å². The smallest absolute Gasteiger partial charge is 0.221 e. The van der Waals surface area contributed by atoms with Crippen molar-refractivity contribution in [1.29, 1.82) is 0 Å². The molecule has 0 unspecified atom stereocenters. The Morgan fingerprint density at radius 1 is 1.47 bits per heavy atom. The van der Waals surface area contributed by atoms with Crippen LogP contribution in [-0.4, -0.2) is 25.1 Å². The van der Waals surface area contributed by atoms with E-state index >= 15 is 0 Å². The summed E-state index contributed by atoms with van der Waals surface area (Å²) in [6.07, 6.45) is 4.34. The van der Waals surface area contributed by atoms with Crippen molar-refractivity contribution in [2.24, 2.45) is 5.73 Å². The maximum Gasteiger partial charge on any atom is 0.221 e. The second-order valence-corrected chi connectivity index (χ2v) is 5.34. The molecule has 1 fully saturated rings. The summed E-state index contributed by atoms with van der Waals surface area (Å²) in [5.74, 6) is 0.907. The molecule has 0 aliphatic heterocycles. The number of nitrogens with two attached hydrogens (primary N) is 1. The highest BCUT2D eigenvalue weighted by atomic mass is 16.5. The van der Waals surface area contributed by atoms with Crippen molar-refractivity contribution >= 4 is 5.91 Å². The van der Waals surface area contributed by atoms with Crippen LogP contribution in [-0.2, 0) is 11.2 Å². The number of carbonyl (C=O) groups excluding carboxylic acids is 1. The topological polar surface area (TPSA) is 64.3 Å². The number of ether oxygens (including phenoxy) is 1. The zero-order valence-electron chi connectivity index (χ0n) is 11.4. The lowest BCUT2D eigenvalue weighted by atomic mass is 9.75. The van der Waals surface area contributed by atoms with Crippen LogP contribution in [0.1, 0.15) is 31.2 Å². The van der Waals surface area contributed by atoms with Gasteiger partial charge in [0, 0.05) is 18.5 Å². The van der Waals surface area contributed by atoms with E-state index in [1.807, 2.05) is 24.3 Å². The summed E-state index contributed by atoms with van der Waals surface area (Å²) >= 11 is 0. The van der Waals surface area contributed by atoms with E-state index in [0.717, 1.165) is 37.0 Å². The van der Waals surface area contributed by atoms with Crippen LogP contribution in [0.3, 0.4) is 0 Å².